The van der Waals surface area contributed by atoms with Gasteiger partial charge in [0.2, 0.25) is 0 Å². The number of aromatic nitrogens is 4. The Bertz CT molecular complexity index is 1260. The molecule has 3 aromatic heterocycles. The molecular formula is C27H30N6O2. The smallest absolute Gasteiger partial charge is 0.259 e. The number of aliphatic hydroxyl groups is 1. The minimum absolute atomic E-state index is 0.279. The number of amides is 1. The average Bonchev–Trinajstić information content (AvgIpc) is 3.67. The molecule has 180 valence electrons. The Morgan fingerprint density at radius 1 is 1.14 bits per heavy atom. The third-order valence-electron chi connectivity index (χ3n) is 7.71. The van der Waals surface area contributed by atoms with Crippen molar-refractivity contribution in [1.82, 2.24) is 19.7 Å². The molecule has 5 rings (SSSR count). The molecule has 0 atom stereocenters. The van der Waals surface area contributed by atoms with Crippen LogP contribution >= 0.6 is 0 Å². The number of hydrogen-bond donors (Lipinski definition) is 2. The lowest BCUT2D eigenvalue weighted by Gasteiger charge is -2.39. The highest BCUT2D eigenvalue weighted by atomic mass is 16.3. The van der Waals surface area contributed by atoms with E-state index >= 15 is 0 Å². The molecule has 35 heavy (non-hydrogen) atoms. The van der Waals surface area contributed by atoms with Gasteiger partial charge in [-0.25, -0.2) is 9.67 Å². The van der Waals surface area contributed by atoms with Gasteiger partial charge < -0.3 is 10.4 Å². The summed E-state index contributed by atoms with van der Waals surface area (Å²) in [5.74, 6) is 1.04. The zero-order chi connectivity index (χ0) is 24.6. The van der Waals surface area contributed by atoms with Crippen LogP contribution in [0.1, 0.15) is 85.1 Å². The molecule has 2 fully saturated rings. The fourth-order valence-corrected chi connectivity index (χ4v) is 4.91. The van der Waals surface area contributed by atoms with Crippen LogP contribution in [0.4, 0.5) is 5.69 Å². The molecule has 2 aliphatic carbocycles. The molecule has 3 heterocycles. The van der Waals surface area contributed by atoms with Gasteiger partial charge in [0, 0.05) is 6.20 Å². The van der Waals surface area contributed by atoms with Gasteiger partial charge in [-0.2, -0.15) is 10.4 Å². The van der Waals surface area contributed by atoms with Crippen LogP contribution in [0.25, 0.3) is 5.82 Å². The minimum Gasteiger partial charge on any atom is -0.390 e. The molecule has 0 spiro atoms. The quantitative estimate of drug-likeness (QED) is 0.545. The van der Waals surface area contributed by atoms with Crippen LogP contribution < -0.4 is 5.32 Å². The third-order valence-corrected chi connectivity index (χ3v) is 7.71. The molecule has 0 unspecified atom stereocenters. The summed E-state index contributed by atoms with van der Waals surface area (Å²) in [6.07, 6.45) is 10.5. The Morgan fingerprint density at radius 3 is 2.49 bits per heavy atom. The summed E-state index contributed by atoms with van der Waals surface area (Å²) >= 11 is 0. The molecule has 0 bridgehead atoms. The maximum absolute atomic E-state index is 12.9. The molecule has 2 saturated carbocycles. The molecule has 0 aliphatic heterocycles. The normalized spacial score (nSPS) is 24.1. The van der Waals surface area contributed by atoms with Crippen LogP contribution in [0.2, 0.25) is 0 Å². The number of nitrogens with zero attached hydrogens (tertiary/aromatic N) is 5. The van der Waals surface area contributed by atoms with E-state index in [4.69, 9.17) is 0 Å². The van der Waals surface area contributed by atoms with Gasteiger partial charge in [-0.15, -0.1) is 0 Å². The zero-order valence-corrected chi connectivity index (χ0v) is 20.2. The Morgan fingerprint density at radius 2 is 1.91 bits per heavy atom. The van der Waals surface area contributed by atoms with E-state index in [-0.39, 0.29) is 5.91 Å². The number of rotatable bonds is 6. The molecule has 2 N–H and O–H groups in total. The minimum atomic E-state index is -0.705. The van der Waals surface area contributed by atoms with Gasteiger partial charge in [0.25, 0.3) is 5.91 Å². The average molecular weight is 471 g/mol. The highest BCUT2D eigenvalue weighted by Gasteiger charge is 2.43. The number of pyridine rings is 2. The molecule has 3 aromatic rings. The van der Waals surface area contributed by atoms with E-state index in [1.165, 1.54) is 18.4 Å². The molecule has 8 heteroatoms. The number of carbonyl (C=O) groups is 1. The number of nitrogens with one attached hydrogen (secondary N) is 1. The topological polar surface area (TPSA) is 117 Å². The number of nitriles is 1. The van der Waals surface area contributed by atoms with Crippen molar-refractivity contribution in [1.29, 1.82) is 5.26 Å². The predicted octanol–water partition coefficient (Wildman–Crippen LogP) is 4.58. The monoisotopic (exact) mass is 470 g/mol. The van der Waals surface area contributed by atoms with Crippen molar-refractivity contribution >= 4 is 11.6 Å². The van der Waals surface area contributed by atoms with Gasteiger partial charge in [-0.05, 0) is 81.5 Å². The second-order valence-corrected chi connectivity index (χ2v) is 9.94. The van der Waals surface area contributed by atoms with Crippen molar-refractivity contribution in [3.63, 3.8) is 0 Å². The summed E-state index contributed by atoms with van der Waals surface area (Å²) < 4.78 is 1.67. The standard InChI is InChI=1S/C27H30N6O2/c1-3-27(35)12-10-26(17-28,11-13-27)23-8-7-21(15-29-23)32-25(34)22-16-31-33(18(22)2)24-9-6-20(14-30-24)19-4-5-19/h6-9,14-16,19,35H,3-5,10-13H2,1-2H3,(H,32,34). The molecule has 0 radical (unpaired) electrons. The first-order chi connectivity index (χ1) is 16.9. The third kappa shape index (κ3) is 4.44. The van der Waals surface area contributed by atoms with Gasteiger partial charge >= 0.3 is 0 Å². The Kier molecular flexibility index (Phi) is 5.89. The van der Waals surface area contributed by atoms with E-state index in [2.05, 4.69) is 32.5 Å². The summed E-state index contributed by atoms with van der Waals surface area (Å²) in [4.78, 5) is 22.0. The number of anilines is 1. The zero-order valence-electron chi connectivity index (χ0n) is 20.2. The molecule has 0 aromatic carbocycles. The number of carbonyl (C=O) groups excluding carboxylic acids is 1. The second kappa shape index (κ2) is 8.90. The van der Waals surface area contributed by atoms with Crippen molar-refractivity contribution in [3.8, 4) is 11.9 Å². The first kappa shape index (κ1) is 23.2. The van der Waals surface area contributed by atoms with Crippen LogP contribution in [0.3, 0.4) is 0 Å². The predicted molar refractivity (Wildman–Crippen MR) is 131 cm³/mol. The Hall–Kier alpha value is -3.57. The Labute approximate surface area is 205 Å². The van der Waals surface area contributed by atoms with E-state index in [1.54, 1.807) is 29.2 Å². The van der Waals surface area contributed by atoms with Gasteiger partial charge in [0.1, 0.15) is 0 Å². The first-order valence-corrected chi connectivity index (χ1v) is 12.3. The van der Waals surface area contributed by atoms with Crippen LogP contribution in [-0.4, -0.2) is 36.4 Å². The Balaban J connectivity index is 1.28. The molecule has 8 nitrogen and oxygen atoms in total. The van der Waals surface area contributed by atoms with E-state index in [0.29, 0.717) is 66.5 Å². The van der Waals surface area contributed by atoms with Crippen LogP contribution in [0, 0.1) is 18.3 Å². The van der Waals surface area contributed by atoms with Crippen molar-refractivity contribution in [3.05, 3.63) is 65.4 Å². The molecule has 0 saturated heterocycles. The summed E-state index contributed by atoms with van der Waals surface area (Å²) in [6, 6.07) is 10.0. The summed E-state index contributed by atoms with van der Waals surface area (Å²) in [7, 11) is 0. The van der Waals surface area contributed by atoms with Gasteiger partial charge in [0.15, 0.2) is 5.82 Å². The fraction of sp³-hybridized carbons (Fsp3) is 0.444. The summed E-state index contributed by atoms with van der Waals surface area (Å²) in [5.41, 5.74) is 2.25. The molecule has 1 amide bonds. The lowest BCUT2D eigenvalue weighted by atomic mass is 9.67. The van der Waals surface area contributed by atoms with Crippen LogP contribution in [-0.2, 0) is 5.41 Å². The highest BCUT2D eigenvalue weighted by molar-refractivity contribution is 6.04. The maximum Gasteiger partial charge on any atom is 0.259 e. The lowest BCUT2D eigenvalue weighted by Crippen LogP contribution is -2.40. The summed E-state index contributed by atoms with van der Waals surface area (Å²) in [5, 5.41) is 27.7. The highest BCUT2D eigenvalue weighted by Crippen LogP contribution is 2.43. The van der Waals surface area contributed by atoms with Crippen LogP contribution in [0.15, 0.2) is 42.9 Å². The van der Waals surface area contributed by atoms with Crippen molar-refractivity contribution in [2.45, 2.75) is 75.7 Å². The maximum atomic E-state index is 12.9. The lowest BCUT2D eigenvalue weighted by molar-refractivity contribution is -0.0124. The van der Waals surface area contributed by atoms with Gasteiger partial charge in [0.05, 0.1) is 52.1 Å². The molecule has 2 aliphatic rings. The second-order valence-electron chi connectivity index (χ2n) is 9.94. The van der Waals surface area contributed by atoms with Crippen molar-refractivity contribution in [2.75, 3.05) is 5.32 Å². The first-order valence-electron chi connectivity index (χ1n) is 12.3. The summed E-state index contributed by atoms with van der Waals surface area (Å²) in [6.45, 7) is 3.82. The SMILES string of the molecule is CCC1(O)CCC(C#N)(c2ccc(NC(=O)c3cnn(-c4ccc(C5CC5)cn4)c3C)cn2)CC1. The van der Waals surface area contributed by atoms with Crippen molar-refractivity contribution < 1.29 is 9.90 Å². The van der Waals surface area contributed by atoms with Gasteiger partial charge in [-0.1, -0.05) is 13.0 Å². The van der Waals surface area contributed by atoms with Gasteiger partial charge in [-0.3, -0.25) is 9.78 Å². The van der Waals surface area contributed by atoms with E-state index in [9.17, 15) is 15.2 Å². The molecular weight excluding hydrogens is 440 g/mol. The fourth-order valence-electron chi connectivity index (χ4n) is 4.91. The van der Waals surface area contributed by atoms with E-state index in [1.807, 2.05) is 26.1 Å². The van der Waals surface area contributed by atoms with E-state index < -0.39 is 11.0 Å². The largest absolute Gasteiger partial charge is 0.390 e. The number of hydrogen-bond acceptors (Lipinski definition) is 6. The van der Waals surface area contributed by atoms with E-state index in [0.717, 1.165) is 0 Å². The van der Waals surface area contributed by atoms with Crippen molar-refractivity contribution in [2.24, 2.45) is 0 Å². The van der Waals surface area contributed by atoms with Crippen LogP contribution in [0.5, 0.6) is 0 Å².